The van der Waals surface area contributed by atoms with Crippen molar-refractivity contribution in [2.75, 3.05) is 7.05 Å². The first-order valence-corrected chi connectivity index (χ1v) is 4.46. The van der Waals surface area contributed by atoms with Gasteiger partial charge in [-0.3, -0.25) is 4.79 Å². The van der Waals surface area contributed by atoms with E-state index < -0.39 is 0 Å². The highest BCUT2D eigenvalue weighted by molar-refractivity contribution is 5.80. The number of hydrogen-bond donors (Lipinski definition) is 1. The number of likely N-dealkylation sites (tertiary alicyclic amines) is 1. The van der Waals surface area contributed by atoms with Crippen LogP contribution in [0.1, 0.15) is 18.0 Å². The number of aromatic nitrogens is 2. The van der Waals surface area contributed by atoms with Crippen molar-refractivity contribution >= 4 is 5.91 Å². The molecule has 0 saturated carbocycles. The summed E-state index contributed by atoms with van der Waals surface area (Å²) in [6, 6.07) is -0.234. The zero-order valence-electron chi connectivity index (χ0n) is 7.92. The highest BCUT2D eigenvalue weighted by atomic mass is 16.2. The highest BCUT2D eigenvalue weighted by Crippen LogP contribution is 2.29. The summed E-state index contributed by atoms with van der Waals surface area (Å²) in [5.41, 5.74) is 6.77. The van der Waals surface area contributed by atoms with Gasteiger partial charge in [-0.2, -0.15) is 0 Å². The molecule has 0 aromatic carbocycles. The molecule has 0 aliphatic carbocycles. The van der Waals surface area contributed by atoms with Crippen LogP contribution in [-0.2, 0) is 4.79 Å². The van der Waals surface area contributed by atoms with Crippen LogP contribution in [0.4, 0.5) is 0 Å². The van der Waals surface area contributed by atoms with Crippen LogP contribution in [0.2, 0.25) is 0 Å². The summed E-state index contributed by atoms with van der Waals surface area (Å²) in [6.07, 6.45) is 5.26. The third-order valence-corrected chi connectivity index (χ3v) is 2.55. The van der Waals surface area contributed by atoms with Gasteiger partial charge < -0.3 is 10.6 Å². The van der Waals surface area contributed by atoms with Gasteiger partial charge >= 0.3 is 0 Å². The lowest BCUT2D eigenvalue weighted by Gasteiger charge is -2.22. The molecule has 74 valence electrons. The quantitative estimate of drug-likeness (QED) is 0.663. The molecule has 1 amide bonds. The van der Waals surface area contributed by atoms with E-state index in [9.17, 15) is 4.79 Å². The van der Waals surface area contributed by atoms with Crippen LogP contribution in [0, 0.1) is 0 Å². The van der Waals surface area contributed by atoms with Crippen molar-refractivity contribution < 1.29 is 4.79 Å². The Morgan fingerprint density at radius 1 is 1.50 bits per heavy atom. The molecule has 1 aliphatic rings. The SMILES string of the molecule is CN1C(=O)C[C@H](N)[C@H]1c1cncnc1. The Balaban J connectivity index is 2.31. The van der Waals surface area contributed by atoms with E-state index >= 15 is 0 Å². The summed E-state index contributed by atoms with van der Waals surface area (Å²) in [7, 11) is 1.76. The molecule has 14 heavy (non-hydrogen) atoms. The third kappa shape index (κ3) is 1.35. The van der Waals surface area contributed by atoms with Crippen molar-refractivity contribution in [2.24, 2.45) is 5.73 Å². The van der Waals surface area contributed by atoms with Crippen LogP contribution in [0.5, 0.6) is 0 Å². The van der Waals surface area contributed by atoms with Crippen LogP contribution < -0.4 is 5.73 Å². The van der Waals surface area contributed by atoms with Crippen molar-refractivity contribution in [2.45, 2.75) is 18.5 Å². The predicted octanol–water partition coefficient (Wildman–Crippen LogP) is -0.293. The molecule has 0 spiro atoms. The molecule has 2 rings (SSSR count). The fourth-order valence-corrected chi connectivity index (χ4v) is 1.83. The van der Waals surface area contributed by atoms with Gasteiger partial charge in [0.05, 0.1) is 6.04 Å². The number of rotatable bonds is 1. The maximum absolute atomic E-state index is 11.4. The van der Waals surface area contributed by atoms with Gasteiger partial charge in [0.15, 0.2) is 0 Å². The van der Waals surface area contributed by atoms with E-state index in [0.717, 1.165) is 5.56 Å². The second kappa shape index (κ2) is 3.34. The molecule has 0 bridgehead atoms. The Morgan fingerprint density at radius 2 is 2.14 bits per heavy atom. The fourth-order valence-electron chi connectivity index (χ4n) is 1.83. The average molecular weight is 192 g/mol. The van der Waals surface area contributed by atoms with E-state index in [1.165, 1.54) is 6.33 Å². The molecule has 1 saturated heterocycles. The number of amides is 1. The lowest BCUT2D eigenvalue weighted by Crippen LogP contribution is -2.30. The van der Waals surface area contributed by atoms with Gasteiger partial charge in [-0.25, -0.2) is 9.97 Å². The second-order valence-electron chi connectivity index (χ2n) is 3.49. The minimum atomic E-state index is -0.154. The van der Waals surface area contributed by atoms with Gasteiger partial charge in [-0.05, 0) is 0 Å². The Morgan fingerprint density at radius 3 is 2.64 bits per heavy atom. The molecule has 5 nitrogen and oxygen atoms in total. The minimum absolute atomic E-state index is 0.0753. The average Bonchev–Trinajstić information content (AvgIpc) is 2.43. The topological polar surface area (TPSA) is 72.1 Å². The standard InChI is InChI=1S/C9H12N4O/c1-13-8(14)2-7(10)9(13)6-3-11-5-12-4-6/h3-5,7,9H,2,10H2,1H3/t7-,9+/m0/s1. The number of carbonyl (C=O) groups is 1. The normalized spacial score (nSPS) is 27.0. The van der Waals surface area contributed by atoms with Gasteiger partial charge in [-0.15, -0.1) is 0 Å². The molecule has 0 radical (unpaired) electrons. The third-order valence-electron chi connectivity index (χ3n) is 2.55. The summed E-state index contributed by atoms with van der Waals surface area (Å²) in [4.78, 5) is 20.9. The minimum Gasteiger partial charge on any atom is -0.337 e. The Hall–Kier alpha value is -1.49. The largest absolute Gasteiger partial charge is 0.337 e. The first-order valence-electron chi connectivity index (χ1n) is 4.46. The molecule has 2 heterocycles. The monoisotopic (exact) mass is 192 g/mol. The highest BCUT2D eigenvalue weighted by Gasteiger charge is 2.36. The first kappa shape index (κ1) is 9.08. The lowest BCUT2D eigenvalue weighted by molar-refractivity contribution is -0.127. The zero-order chi connectivity index (χ0) is 10.1. The summed E-state index contributed by atoms with van der Waals surface area (Å²) in [5, 5.41) is 0. The van der Waals surface area contributed by atoms with Crippen LogP contribution >= 0.6 is 0 Å². The molecule has 0 unspecified atom stereocenters. The van der Waals surface area contributed by atoms with Crippen molar-refractivity contribution in [1.82, 2.24) is 14.9 Å². The molecule has 1 fully saturated rings. The maximum atomic E-state index is 11.4. The Kier molecular flexibility index (Phi) is 2.17. The second-order valence-corrected chi connectivity index (χ2v) is 3.49. The maximum Gasteiger partial charge on any atom is 0.224 e. The molecule has 2 N–H and O–H groups in total. The molecule has 2 atom stereocenters. The van der Waals surface area contributed by atoms with Crippen LogP contribution in [0.25, 0.3) is 0 Å². The predicted molar refractivity (Wildman–Crippen MR) is 50.1 cm³/mol. The van der Waals surface area contributed by atoms with Gasteiger partial charge in [0.25, 0.3) is 0 Å². The number of nitrogens with two attached hydrogens (primary N) is 1. The fraction of sp³-hybridized carbons (Fsp3) is 0.444. The van der Waals surface area contributed by atoms with E-state index in [0.29, 0.717) is 6.42 Å². The number of nitrogens with zero attached hydrogens (tertiary/aromatic N) is 3. The van der Waals surface area contributed by atoms with E-state index in [4.69, 9.17) is 5.73 Å². The Labute approximate surface area is 82.0 Å². The Bertz CT molecular complexity index is 340. The molecule has 1 aromatic heterocycles. The lowest BCUT2D eigenvalue weighted by atomic mass is 10.0. The van der Waals surface area contributed by atoms with Crippen molar-refractivity contribution in [1.29, 1.82) is 0 Å². The molecular formula is C9H12N4O. The van der Waals surface area contributed by atoms with Crippen molar-refractivity contribution in [3.05, 3.63) is 24.3 Å². The molecule has 5 heteroatoms. The summed E-state index contributed by atoms with van der Waals surface area (Å²) < 4.78 is 0. The summed E-state index contributed by atoms with van der Waals surface area (Å²) >= 11 is 0. The number of carbonyl (C=O) groups excluding carboxylic acids is 1. The smallest absolute Gasteiger partial charge is 0.224 e. The first-order chi connectivity index (χ1) is 6.70. The molecule has 1 aromatic rings. The van der Waals surface area contributed by atoms with Crippen LogP contribution in [-0.4, -0.2) is 33.9 Å². The van der Waals surface area contributed by atoms with Crippen LogP contribution in [0.15, 0.2) is 18.7 Å². The summed E-state index contributed by atoms with van der Waals surface area (Å²) in [5.74, 6) is 0.0753. The van der Waals surface area contributed by atoms with Crippen LogP contribution in [0.3, 0.4) is 0 Å². The van der Waals surface area contributed by atoms with E-state index in [1.807, 2.05) is 0 Å². The summed E-state index contributed by atoms with van der Waals surface area (Å²) in [6.45, 7) is 0. The van der Waals surface area contributed by atoms with Gasteiger partial charge in [0.1, 0.15) is 6.33 Å². The van der Waals surface area contributed by atoms with Gasteiger partial charge in [0.2, 0.25) is 5.91 Å². The van der Waals surface area contributed by atoms with E-state index in [1.54, 1.807) is 24.3 Å². The van der Waals surface area contributed by atoms with E-state index in [2.05, 4.69) is 9.97 Å². The van der Waals surface area contributed by atoms with E-state index in [-0.39, 0.29) is 18.0 Å². The van der Waals surface area contributed by atoms with Crippen molar-refractivity contribution in [3.8, 4) is 0 Å². The van der Waals surface area contributed by atoms with Crippen molar-refractivity contribution in [3.63, 3.8) is 0 Å². The molecule has 1 aliphatic heterocycles. The number of likely N-dealkylation sites (N-methyl/N-ethyl adjacent to an activating group) is 1. The zero-order valence-corrected chi connectivity index (χ0v) is 7.92. The van der Waals surface area contributed by atoms with Gasteiger partial charge in [-0.1, -0.05) is 0 Å². The number of hydrogen-bond acceptors (Lipinski definition) is 4. The molecular weight excluding hydrogens is 180 g/mol. The van der Waals surface area contributed by atoms with Gasteiger partial charge in [0, 0.05) is 37.5 Å².